The van der Waals surface area contributed by atoms with Crippen LogP contribution in [-0.2, 0) is 0 Å². The van der Waals surface area contributed by atoms with E-state index in [0.717, 1.165) is 5.56 Å². The topological polar surface area (TPSA) is 22.1 Å². The van der Waals surface area contributed by atoms with Crippen molar-refractivity contribution in [3.05, 3.63) is 30.0 Å². The van der Waals surface area contributed by atoms with Gasteiger partial charge in [-0.2, -0.15) is 0 Å². The highest BCUT2D eigenvalue weighted by molar-refractivity contribution is 9.09. The Kier molecular flexibility index (Phi) is 3.96. The van der Waals surface area contributed by atoms with Crippen molar-refractivity contribution in [3.8, 4) is 5.88 Å². The van der Waals surface area contributed by atoms with Gasteiger partial charge in [-0.05, 0) is 18.6 Å². The Bertz CT molecular complexity index is 279. The lowest BCUT2D eigenvalue weighted by molar-refractivity contribution is 0.398. The summed E-state index contributed by atoms with van der Waals surface area (Å²) in [7, 11) is 1.61. The molecule has 0 fully saturated rings. The van der Waals surface area contributed by atoms with Crippen LogP contribution in [0.2, 0.25) is 0 Å². The van der Waals surface area contributed by atoms with Gasteiger partial charge in [-0.25, -0.2) is 4.98 Å². The molecule has 13 heavy (non-hydrogen) atoms. The molecule has 0 aromatic carbocycles. The maximum absolute atomic E-state index is 4.95. The molecule has 1 atom stereocenters. The van der Waals surface area contributed by atoms with Crippen LogP contribution in [0.25, 0.3) is 6.08 Å². The fourth-order valence-electron chi connectivity index (χ4n) is 0.855. The van der Waals surface area contributed by atoms with E-state index in [1.807, 2.05) is 18.2 Å². The van der Waals surface area contributed by atoms with Crippen LogP contribution in [0.3, 0.4) is 0 Å². The van der Waals surface area contributed by atoms with Crippen molar-refractivity contribution in [2.75, 3.05) is 7.11 Å². The number of aromatic nitrogens is 1. The maximum atomic E-state index is 4.95. The van der Waals surface area contributed by atoms with E-state index in [1.165, 1.54) is 0 Å². The SMILES string of the molecule is COc1ccc(/C=C/C(C)Br)cn1. The highest BCUT2D eigenvalue weighted by atomic mass is 79.9. The van der Waals surface area contributed by atoms with Crippen LogP contribution in [0.15, 0.2) is 24.4 Å². The Hall–Kier alpha value is -0.830. The Balaban J connectivity index is 2.69. The number of nitrogens with zero attached hydrogens (tertiary/aromatic N) is 1. The molecular formula is C10H12BrNO. The standard InChI is InChI=1S/C10H12BrNO/c1-8(11)3-4-9-5-6-10(13-2)12-7-9/h3-8H,1-2H3/b4-3+. The minimum atomic E-state index is 0.384. The molecule has 0 aliphatic rings. The molecule has 0 amide bonds. The lowest BCUT2D eigenvalue weighted by Gasteiger charge is -1.98. The molecule has 1 heterocycles. The summed E-state index contributed by atoms with van der Waals surface area (Å²) in [6.07, 6.45) is 5.86. The van der Waals surface area contributed by atoms with Crippen LogP contribution in [0.4, 0.5) is 0 Å². The van der Waals surface area contributed by atoms with Crippen LogP contribution >= 0.6 is 15.9 Å². The number of allylic oxidation sites excluding steroid dienone is 1. The number of pyridine rings is 1. The van der Waals surface area contributed by atoms with Gasteiger partial charge in [0.25, 0.3) is 0 Å². The van der Waals surface area contributed by atoms with E-state index in [9.17, 15) is 0 Å². The lowest BCUT2D eigenvalue weighted by atomic mass is 10.2. The van der Waals surface area contributed by atoms with Crippen molar-refractivity contribution in [2.24, 2.45) is 0 Å². The molecule has 3 heteroatoms. The number of ether oxygens (including phenoxy) is 1. The van der Waals surface area contributed by atoms with E-state index in [0.29, 0.717) is 10.7 Å². The molecule has 0 aliphatic carbocycles. The quantitative estimate of drug-likeness (QED) is 0.760. The predicted molar refractivity (Wildman–Crippen MR) is 58.2 cm³/mol. The molecule has 1 rings (SSSR count). The first kappa shape index (κ1) is 10.3. The third kappa shape index (κ3) is 3.59. The molecule has 70 valence electrons. The molecule has 0 saturated heterocycles. The first-order valence-corrected chi connectivity index (χ1v) is 4.96. The zero-order valence-corrected chi connectivity index (χ0v) is 9.28. The van der Waals surface area contributed by atoms with Gasteiger partial charge in [0.2, 0.25) is 5.88 Å². The van der Waals surface area contributed by atoms with Crippen LogP contribution in [0.5, 0.6) is 5.88 Å². The Morgan fingerprint density at radius 1 is 1.54 bits per heavy atom. The fraction of sp³-hybridized carbons (Fsp3) is 0.300. The number of alkyl halides is 1. The highest BCUT2D eigenvalue weighted by Gasteiger charge is 1.92. The molecule has 0 radical (unpaired) electrons. The summed E-state index contributed by atoms with van der Waals surface area (Å²) in [5, 5.41) is 0. The van der Waals surface area contributed by atoms with Crippen molar-refractivity contribution in [1.29, 1.82) is 0 Å². The minimum Gasteiger partial charge on any atom is -0.481 e. The number of hydrogen-bond donors (Lipinski definition) is 0. The van der Waals surface area contributed by atoms with Gasteiger partial charge < -0.3 is 4.74 Å². The van der Waals surface area contributed by atoms with E-state index in [4.69, 9.17) is 4.74 Å². The fourth-order valence-corrected chi connectivity index (χ4v) is 1.01. The van der Waals surface area contributed by atoms with Crippen molar-refractivity contribution in [1.82, 2.24) is 4.98 Å². The molecular weight excluding hydrogens is 230 g/mol. The van der Waals surface area contributed by atoms with E-state index < -0.39 is 0 Å². The molecule has 0 N–H and O–H groups in total. The normalized spacial score (nSPS) is 13.2. The van der Waals surface area contributed by atoms with E-state index in [1.54, 1.807) is 13.3 Å². The predicted octanol–water partition coefficient (Wildman–Crippen LogP) is 2.89. The lowest BCUT2D eigenvalue weighted by Crippen LogP contribution is -1.86. The van der Waals surface area contributed by atoms with E-state index >= 15 is 0 Å². The summed E-state index contributed by atoms with van der Waals surface area (Å²) in [6, 6.07) is 3.82. The van der Waals surface area contributed by atoms with Gasteiger partial charge >= 0.3 is 0 Å². The first-order chi connectivity index (χ1) is 6.22. The molecule has 0 bridgehead atoms. The van der Waals surface area contributed by atoms with Crippen molar-refractivity contribution >= 4 is 22.0 Å². The molecule has 1 unspecified atom stereocenters. The summed E-state index contributed by atoms with van der Waals surface area (Å²) < 4.78 is 4.95. The van der Waals surface area contributed by atoms with Gasteiger partial charge in [0.05, 0.1) is 7.11 Å². The van der Waals surface area contributed by atoms with E-state index in [2.05, 4.69) is 33.9 Å². The molecule has 1 aromatic heterocycles. The van der Waals surface area contributed by atoms with Crippen molar-refractivity contribution in [2.45, 2.75) is 11.8 Å². The van der Waals surface area contributed by atoms with Gasteiger partial charge in [0, 0.05) is 17.1 Å². The van der Waals surface area contributed by atoms with Gasteiger partial charge in [-0.15, -0.1) is 0 Å². The highest BCUT2D eigenvalue weighted by Crippen LogP contribution is 2.09. The zero-order chi connectivity index (χ0) is 9.68. The van der Waals surface area contributed by atoms with Crippen molar-refractivity contribution < 1.29 is 4.74 Å². The number of halogens is 1. The zero-order valence-electron chi connectivity index (χ0n) is 7.70. The Morgan fingerprint density at radius 3 is 2.77 bits per heavy atom. The summed E-state index contributed by atoms with van der Waals surface area (Å²) in [5.41, 5.74) is 1.08. The number of rotatable bonds is 3. The minimum absolute atomic E-state index is 0.384. The summed E-state index contributed by atoms with van der Waals surface area (Å²) in [4.78, 5) is 4.47. The van der Waals surface area contributed by atoms with Crippen LogP contribution in [-0.4, -0.2) is 16.9 Å². The summed E-state index contributed by atoms with van der Waals surface area (Å²) in [5.74, 6) is 0.643. The largest absolute Gasteiger partial charge is 0.481 e. The molecule has 0 saturated carbocycles. The second kappa shape index (κ2) is 5.02. The van der Waals surface area contributed by atoms with Crippen LogP contribution in [0, 0.1) is 0 Å². The first-order valence-electron chi connectivity index (χ1n) is 4.04. The van der Waals surface area contributed by atoms with Crippen molar-refractivity contribution in [3.63, 3.8) is 0 Å². The van der Waals surface area contributed by atoms with Gasteiger partial charge in [-0.1, -0.05) is 28.1 Å². The van der Waals surface area contributed by atoms with Gasteiger partial charge in [0.1, 0.15) is 0 Å². The number of methoxy groups -OCH3 is 1. The molecule has 1 aromatic rings. The molecule has 2 nitrogen and oxygen atoms in total. The van der Waals surface area contributed by atoms with E-state index in [-0.39, 0.29) is 0 Å². The van der Waals surface area contributed by atoms with Crippen LogP contribution < -0.4 is 4.74 Å². The Labute approximate surface area is 86.8 Å². The van der Waals surface area contributed by atoms with Gasteiger partial charge in [-0.3, -0.25) is 0 Å². The third-order valence-electron chi connectivity index (χ3n) is 1.52. The van der Waals surface area contributed by atoms with Crippen LogP contribution in [0.1, 0.15) is 12.5 Å². The third-order valence-corrected chi connectivity index (χ3v) is 1.83. The second-order valence-electron chi connectivity index (χ2n) is 2.67. The summed E-state index contributed by atoms with van der Waals surface area (Å²) in [6.45, 7) is 2.06. The molecule has 0 aliphatic heterocycles. The summed E-state index contributed by atoms with van der Waals surface area (Å²) >= 11 is 3.43. The average Bonchev–Trinajstić information content (AvgIpc) is 2.15. The average molecular weight is 242 g/mol. The second-order valence-corrected chi connectivity index (χ2v) is 4.11. The Morgan fingerprint density at radius 2 is 2.31 bits per heavy atom. The monoisotopic (exact) mass is 241 g/mol. The smallest absolute Gasteiger partial charge is 0.212 e. The maximum Gasteiger partial charge on any atom is 0.212 e. The number of hydrogen-bond acceptors (Lipinski definition) is 2. The molecule has 0 spiro atoms. The van der Waals surface area contributed by atoms with Gasteiger partial charge in [0.15, 0.2) is 0 Å².